The zero-order chi connectivity index (χ0) is 19.4. The van der Waals surface area contributed by atoms with Crippen LogP contribution in [0, 0.1) is 13.8 Å². The average Bonchev–Trinajstić information content (AvgIpc) is 3.38. The van der Waals surface area contributed by atoms with Crippen LogP contribution in [0.4, 0.5) is 0 Å². The van der Waals surface area contributed by atoms with Crippen LogP contribution in [0.15, 0.2) is 18.6 Å². The Hall–Kier alpha value is -2.18. The van der Waals surface area contributed by atoms with Gasteiger partial charge in [-0.2, -0.15) is 5.10 Å². The van der Waals surface area contributed by atoms with Gasteiger partial charge in [0.25, 0.3) is 0 Å². The summed E-state index contributed by atoms with van der Waals surface area (Å²) >= 11 is 1.95. The number of nitrogens with zero attached hydrogens (tertiary/aromatic N) is 3. The molecule has 6 heteroatoms. The molecule has 4 aromatic rings. The van der Waals surface area contributed by atoms with Crippen LogP contribution in [0.1, 0.15) is 60.1 Å². The molecule has 4 aromatic heterocycles. The fourth-order valence-electron chi connectivity index (χ4n) is 4.59. The average molecular weight is 394 g/mol. The molecule has 5 heterocycles. The van der Waals surface area contributed by atoms with Crippen LogP contribution in [-0.4, -0.2) is 32.7 Å². The Morgan fingerprint density at radius 2 is 1.96 bits per heavy atom. The van der Waals surface area contributed by atoms with E-state index in [9.17, 15) is 0 Å². The third-order valence-electron chi connectivity index (χ3n) is 6.26. The quantitative estimate of drug-likeness (QED) is 0.506. The van der Waals surface area contributed by atoms with E-state index in [1.807, 2.05) is 15.9 Å². The second kappa shape index (κ2) is 6.71. The highest BCUT2D eigenvalue weighted by Crippen LogP contribution is 2.43. The largest absolute Gasteiger partial charge is 0.346 e. The second-order valence-electron chi connectivity index (χ2n) is 8.31. The monoisotopic (exact) mass is 393 g/mol. The number of aromatic nitrogens is 4. The van der Waals surface area contributed by atoms with E-state index in [-0.39, 0.29) is 0 Å². The molecule has 0 saturated carbocycles. The van der Waals surface area contributed by atoms with Crippen molar-refractivity contribution < 1.29 is 0 Å². The van der Waals surface area contributed by atoms with Crippen molar-refractivity contribution in [1.82, 2.24) is 24.9 Å². The Balaban J connectivity index is 1.68. The minimum atomic E-state index is 0.449. The Morgan fingerprint density at radius 3 is 2.71 bits per heavy atom. The smallest absolute Gasteiger partial charge is 0.158 e. The lowest BCUT2D eigenvalue weighted by Gasteiger charge is -2.21. The number of aromatic amines is 1. The lowest BCUT2D eigenvalue weighted by Crippen LogP contribution is -2.26. The summed E-state index contributed by atoms with van der Waals surface area (Å²) in [7, 11) is 0. The van der Waals surface area contributed by atoms with E-state index in [0.717, 1.165) is 18.7 Å². The van der Waals surface area contributed by atoms with Crippen molar-refractivity contribution in [2.45, 2.75) is 52.4 Å². The van der Waals surface area contributed by atoms with Crippen LogP contribution >= 0.6 is 11.3 Å². The molecule has 0 aliphatic carbocycles. The molecule has 28 heavy (non-hydrogen) atoms. The fourth-order valence-corrected chi connectivity index (χ4v) is 5.84. The summed E-state index contributed by atoms with van der Waals surface area (Å²) in [6.07, 6.45) is 6.25. The van der Waals surface area contributed by atoms with Gasteiger partial charge < -0.3 is 10.3 Å². The SMILES string of the molecule is Cc1c(-c2[nH]c3sc(C4CCNCC4)cc3c2C(C)C)cn2ncnc2c1C. The van der Waals surface area contributed by atoms with E-state index in [0.29, 0.717) is 11.8 Å². The summed E-state index contributed by atoms with van der Waals surface area (Å²) in [5, 5.41) is 9.27. The zero-order valence-electron chi connectivity index (χ0n) is 17.0. The van der Waals surface area contributed by atoms with Gasteiger partial charge in [0.2, 0.25) is 0 Å². The van der Waals surface area contributed by atoms with Crippen LogP contribution in [0.3, 0.4) is 0 Å². The maximum Gasteiger partial charge on any atom is 0.158 e. The summed E-state index contributed by atoms with van der Waals surface area (Å²) in [5.41, 5.74) is 7.30. The number of rotatable bonds is 3. The van der Waals surface area contributed by atoms with E-state index in [1.165, 1.54) is 55.9 Å². The number of piperidine rings is 1. The molecule has 1 fully saturated rings. The minimum Gasteiger partial charge on any atom is -0.346 e. The molecular weight excluding hydrogens is 366 g/mol. The van der Waals surface area contributed by atoms with Crippen LogP contribution in [0.5, 0.6) is 0 Å². The maximum atomic E-state index is 4.41. The molecule has 0 bridgehead atoms. The number of pyridine rings is 1. The van der Waals surface area contributed by atoms with E-state index >= 15 is 0 Å². The van der Waals surface area contributed by atoms with E-state index in [4.69, 9.17) is 0 Å². The van der Waals surface area contributed by atoms with Crippen molar-refractivity contribution in [3.05, 3.63) is 40.2 Å². The fraction of sp³-hybridized carbons (Fsp3) is 0.455. The van der Waals surface area contributed by atoms with Gasteiger partial charge in [-0.25, -0.2) is 9.50 Å². The molecule has 146 valence electrons. The molecule has 0 unspecified atom stereocenters. The molecule has 5 rings (SSSR count). The number of nitrogens with one attached hydrogen (secondary N) is 2. The Bertz CT molecular complexity index is 1160. The number of H-pyrrole nitrogens is 1. The first kappa shape index (κ1) is 17.9. The lowest BCUT2D eigenvalue weighted by molar-refractivity contribution is 0.465. The maximum absolute atomic E-state index is 4.41. The third kappa shape index (κ3) is 2.70. The topological polar surface area (TPSA) is 58.0 Å². The van der Waals surface area contributed by atoms with E-state index < -0.39 is 0 Å². The first-order valence-electron chi connectivity index (χ1n) is 10.2. The molecule has 1 saturated heterocycles. The number of hydrogen-bond acceptors (Lipinski definition) is 4. The summed E-state index contributed by atoms with van der Waals surface area (Å²) in [5.74, 6) is 1.15. The summed E-state index contributed by atoms with van der Waals surface area (Å²) in [6, 6.07) is 2.46. The highest BCUT2D eigenvalue weighted by molar-refractivity contribution is 7.18. The normalized spacial score (nSPS) is 16.0. The molecule has 5 nitrogen and oxygen atoms in total. The van der Waals surface area contributed by atoms with Crippen molar-refractivity contribution in [1.29, 1.82) is 0 Å². The molecule has 2 N–H and O–H groups in total. The molecular formula is C22H27N5S. The van der Waals surface area contributed by atoms with Gasteiger partial charge in [0, 0.05) is 22.0 Å². The standard InChI is InChI=1S/C22H27N5S/c1-12(2)19-16-9-18(15-5-7-23-8-6-15)28-22(16)26-20(19)17-10-27-21(24-11-25-27)14(4)13(17)3/h9-12,15,23,26H,5-8H2,1-4H3. The highest BCUT2D eigenvalue weighted by atomic mass is 32.1. The van der Waals surface area contributed by atoms with Gasteiger partial charge in [0.1, 0.15) is 11.2 Å². The molecule has 0 amide bonds. The first-order chi connectivity index (χ1) is 13.5. The van der Waals surface area contributed by atoms with E-state index in [2.05, 4.69) is 60.3 Å². The van der Waals surface area contributed by atoms with E-state index in [1.54, 1.807) is 6.33 Å². The van der Waals surface area contributed by atoms with Gasteiger partial charge in [-0.3, -0.25) is 0 Å². The molecule has 1 aliphatic rings. The molecule has 0 radical (unpaired) electrons. The van der Waals surface area contributed by atoms with Gasteiger partial charge in [-0.15, -0.1) is 11.3 Å². The number of fused-ring (bicyclic) bond motifs is 2. The molecule has 0 spiro atoms. The molecule has 0 aromatic carbocycles. The summed E-state index contributed by atoms with van der Waals surface area (Å²) in [4.78, 5) is 11.0. The number of thiophene rings is 1. The Labute approximate surface area is 169 Å². The van der Waals surface area contributed by atoms with Gasteiger partial charge in [-0.05, 0) is 74.4 Å². The summed E-state index contributed by atoms with van der Waals surface area (Å²) < 4.78 is 1.90. The van der Waals surface area contributed by atoms with Crippen molar-refractivity contribution >= 4 is 27.2 Å². The van der Waals surface area contributed by atoms with Gasteiger partial charge in [0.05, 0.1) is 5.69 Å². The number of aryl methyl sites for hydroxylation is 1. The molecule has 0 atom stereocenters. The predicted octanol–water partition coefficient (Wildman–Crippen LogP) is 5.15. The van der Waals surface area contributed by atoms with Crippen LogP contribution in [0.25, 0.3) is 27.1 Å². The van der Waals surface area contributed by atoms with Crippen molar-refractivity contribution in [3.63, 3.8) is 0 Å². The molecule has 1 aliphatic heterocycles. The van der Waals surface area contributed by atoms with Crippen LogP contribution in [-0.2, 0) is 0 Å². The predicted molar refractivity (Wildman–Crippen MR) is 117 cm³/mol. The Morgan fingerprint density at radius 1 is 1.18 bits per heavy atom. The van der Waals surface area contributed by atoms with Crippen molar-refractivity contribution in [3.8, 4) is 11.3 Å². The van der Waals surface area contributed by atoms with Gasteiger partial charge in [-0.1, -0.05) is 13.8 Å². The third-order valence-corrected chi connectivity index (χ3v) is 7.48. The zero-order valence-corrected chi connectivity index (χ0v) is 17.8. The second-order valence-corrected chi connectivity index (χ2v) is 9.39. The summed E-state index contributed by atoms with van der Waals surface area (Å²) in [6.45, 7) is 11.2. The van der Waals surface area contributed by atoms with Crippen LogP contribution in [0.2, 0.25) is 0 Å². The highest BCUT2D eigenvalue weighted by Gasteiger charge is 2.24. The van der Waals surface area contributed by atoms with Gasteiger partial charge in [0.15, 0.2) is 5.65 Å². The van der Waals surface area contributed by atoms with Gasteiger partial charge >= 0.3 is 0 Å². The van der Waals surface area contributed by atoms with Crippen LogP contribution < -0.4 is 5.32 Å². The first-order valence-corrected chi connectivity index (χ1v) is 11.0. The number of hydrogen-bond donors (Lipinski definition) is 2. The minimum absolute atomic E-state index is 0.449. The Kier molecular flexibility index (Phi) is 4.29. The van der Waals surface area contributed by atoms with Crippen molar-refractivity contribution in [2.75, 3.05) is 13.1 Å². The lowest BCUT2D eigenvalue weighted by atomic mass is 9.93. The van der Waals surface area contributed by atoms with Crippen molar-refractivity contribution in [2.24, 2.45) is 0 Å².